The Morgan fingerprint density at radius 3 is 2.78 bits per heavy atom. The first-order valence-electron chi connectivity index (χ1n) is 5.90. The number of hydrogen-bond acceptors (Lipinski definition) is 2. The molecule has 0 saturated carbocycles. The first-order chi connectivity index (χ1) is 8.63. The number of carbonyl (C=O) groups is 1. The molecule has 0 spiro atoms. The van der Waals surface area contributed by atoms with Crippen LogP contribution in [0.25, 0.3) is 10.9 Å². The number of nitriles is 1. The van der Waals surface area contributed by atoms with Gasteiger partial charge in [-0.05, 0) is 12.0 Å². The van der Waals surface area contributed by atoms with Gasteiger partial charge in [0.1, 0.15) is 5.92 Å². The van der Waals surface area contributed by atoms with Crippen molar-refractivity contribution in [3.63, 3.8) is 0 Å². The monoisotopic (exact) mass is 241 g/mol. The quantitative estimate of drug-likeness (QED) is 0.867. The fourth-order valence-corrected chi connectivity index (χ4v) is 1.90. The lowest BCUT2D eigenvalue weighted by molar-refractivity contribution is -0.119. The van der Waals surface area contributed by atoms with E-state index in [2.05, 4.69) is 10.3 Å². The van der Waals surface area contributed by atoms with Gasteiger partial charge in [-0.2, -0.15) is 5.26 Å². The molecule has 18 heavy (non-hydrogen) atoms. The van der Waals surface area contributed by atoms with Crippen molar-refractivity contribution in [1.29, 1.82) is 5.26 Å². The second-order valence-electron chi connectivity index (χ2n) is 4.59. The lowest BCUT2D eigenvalue weighted by Crippen LogP contribution is -2.25. The minimum Gasteiger partial charge on any atom is -0.359 e. The summed E-state index contributed by atoms with van der Waals surface area (Å²) in [6, 6.07) is 9.75. The number of amides is 1. The topological polar surface area (TPSA) is 68.7 Å². The van der Waals surface area contributed by atoms with Gasteiger partial charge in [-0.15, -0.1) is 0 Å². The average molecular weight is 241 g/mol. The third kappa shape index (κ3) is 2.21. The number of aromatic amines is 1. The SMILES string of the molecule is CC(C)C(C#N)C(=O)Nc1c[nH]c2ccccc12. The van der Waals surface area contributed by atoms with Crippen LogP contribution < -0.4 is 5.32 Å². The maximum Gasteiger partial charge on any atom is 0.242 e. The molecule has 1 unspecified atom stereocenters. The average Bonchev–Trinajstić information content (AvgIpc) is 2.73. The first kappa shape index (κ1) is 12.2. The highest BCUT2D eigenvalue weighted by Crippen LogP contribution is 2.23. The summed E-state index contributed by atoms with van der Waals surface area (Å²) in [6.07, 6.45) is 1.75. The van der Waals surface area contributed by atoms with Crippen LogP contribution in [-0.2, 0) is 4.79 Å². The van der Waals surface area contributed by atoms with E-state index in [4.69, 9.17) is 5.26 Å². The molecule has 0 bridgehead atoms. The number of fused-ring (bicyclic) bond motifs is 1. The zero-order chi connectivity index (χ0) is 13.1. The molecule has 1 aromatic heterocycles. The lowest BCUT2D eigenvalue weighted by Gasteiger charge is -2.12. The molecular weight excluding hydrogens is 226 g/mol. The molecule has 0 aliphatic rings. The zero-order valence-corrected chi connectivity index (χ0v) is 10.4. The maximum absolute atomic E-state index is 12.0. The molecule has 2 N–H and O–H groups in total. The minimum atomic E-state index is -0.626. The van der Waals surface area contributed by atoms with E-state index in [-0.39, 0.29) is 11.8 Å². The van der Waals surface area contributed by atoms with Crippen LogP contribution in [0, 0.1) is 23.2 Å². The Bertz CT molecular complexity index is 607. The molecule has 2 aromatic rings. The molecule has 0 aliphatic heterocycles. The van der Waals surface area contributed by atoms with Gasteiger partial charge in [-0.25, -0.2) is 0 Å². The van der Waals surface area contributed by atoms with Gasteiger partial charge in [0, 0.05) is 17.1 Å². The Labute approximate surface area is 106 Å². The summed E-state index contributed by atoms with van der Waals surface area (Å²) in [4.78, 5) is 15.1. The molecule has 92 valence electrons. The summed E-state index contributed by atoms with van der Waals surface area (Å²) in [7, 11) is 0. The molecule has 2 rings (SSSR count). The molecule has 1 aromatic carbocycles. The van der Waals surface area contributed by atoms with E-state index in [1.54, 1.807) is 6.20 Å². The fourth-order valence-electron chi connectivity index (χ4n) is 1.90. The van der Waals surface area contributed by atoms with Crippen LogP contribution in [0.3, 0.4) is 0 Å². The largest absolute Gasteiger partial charge is 0.359 e. The van der Waals surface area contributed by atoms with Crippen LogP contribution in [0.2, 0.25) is 0 Å². The molecule has 1 heterocycles. The molecule has 4 nitrogen and oxygen atoms in total. The maximum atomic E-state index is 12.0. The van der Waals surface area contributed by atoms with Gasteiger partial charge >= 0.3 is 0 Å². The predicted octanol–water partition coefficient (Wildman–Crippen LogP) is 2.90. The van der Waals surface area contributed by atoms with E-state index < -0.39 is 5.92 Å². The van der Waals surface area contributed by atoms with Gasteiger partial charge in [0.05, 0.1) is 11.8 Å². The number of rotatable bonds is 3. The van der Waals surface area contributed by atoms with Crippen molar-refractivity contribution in [2.75, 3.05) is 5.32 Å². The lowest BCUT2D eigenvalue weighted by atomic mass is 9.96. The van der Waals surface area contributed by atoms with E-state index in [0.29, 0.717) is 0 Å². The van der Waals surface area contributed by atoms with Crippen LogP contribution in [-0.4, -0.2) is 10.9 Å². The minimum absolute atomic E-state index is 0.000191. The van der Waals surface area contributed by atoms with Gasteiger partial charge in [-0.3, -0.25) is 4.79 Å². The second-order valence-corrected chi connectivity index (χ2v) is 4.59. The van der Waals surface area contributed by atoms with Crippen LogP contribution in [0.1, 0.15) is 13.8 Å². The summed E-state index contributed by atoms with van der Waals surface area (Å²) >= 11 is 0. The Kier molecular flexibility index (Phi) is 3.33. The van der Waals surface area contributed by atoms with Gasteiger partial charge < -0.3 is 10.3 Å². The number of hydrogen-bond donors (Lipinski definition) is 2. The Hall–Kier alpha value is -2.28. The van der Waals surface area contributed by atoms with Crippen molar-refractivity contribution < 1.29 is 4.79 Å². The number of para-hydroxylation sites is 1. The van der Waals surface area contributed by atoms with Crippen LogP contribution in [0.15, 0.2) is 30.5 Å². The number of benzene rings is 1. The van der Waals surface area contributed by atoms with Crippen molar-refractivity contribution >= 4 is 22.5 Å². The highest BCUT2D eigenvalue weighted by Gasteiger charge is 2.22. The van der Waals surface area contributed by atoms with Gasteiger partial charge in [0.15, 0.2) is 0 Å². The number of anilines is 1. The molecule has 1 atom stereocenters. The van der Waals surface area contributed by atoms with E-state index in [1.807, 2.05) is 44.2 Å². The fraction of sp³-hybridized carbons (Fsp3) is 0.286. The summed E-state index contributed by atoms with van der Waals surface area (Å²) < 4.78 is 0. The van der Waals surface area contributed by atoms with E-state index in [9.17, 15) is 4.79 Å². The number of H-pyrrole nitrogens is 1. The third-order valence-corrected chi connectivity index (χ3v) is 2.94. The number of nitrogens with zero attached hydrogens (tertiary/aromatic N) is 1. The number of carbonyl (C=O) groups excluding carboxylic acids is 1. The smallest absolute Gasteiger partial charge is 0.242 e. The highest BCUT2D eigenvalue weighted by atomic mass is 16.1. The van der Waals surface area contributed by atoms with Crippen LogP contribution in [0.5, 0.6) is 0 Å². The van der Waals surface area contributed by atoms with Gasteiger partial charge in [0.25, 0.3) is 0 Å². The molecular formula is C14H15N3O. The van der Waals surface area contributed by atoms with Crippen molar-refractivity contribution in [2.24, 2.45) is 11.8 Å². The van der Waals surface area contributed by atoms with Crippen molar-refractivity contribution in [3.05, 3.63) is 30.5 Å². The standard InChI is InChI=1S/C14H15N3O/c1-9(2)11(7-15)14(18)17-13-8-16-12-6-4-3-5-10(12)13/h3-6,8-9,11,16H,1-2H3,(H,17,18). The summed E-state index contributed by atoms with van der Waals surface area (Å²) in [6.45, 7) is 3.73. The predicted molar refractivity (Wildman–Crippen MR) is 70.9 cm³/mol. The van der Waals surface area contributed by atoms with E-state index in [1.165, 1.54) is 0 Å². The molecule has 0 radical (unpaired) electrons. The normalized spacial score (nSPS) is 12.3. The zero-order valence-electron chi connectivity index (χ0n) is 10.4. The molecule has 4 heteroatoms. The second kappa shape index (κ2) is 4.92. The molecule has 1 amide bonds. The third-order valence-electron chi connectivity index (χ3n) is 2.94. The van der Waals surface area contributed by atoms with Gasteiger partial charge in [0.2, 0.25) is 5.91 Å². The number of nitrogens with one attached hydrogen (secondary N) is 2. The molecule has 0 aliphatic carbocycles. The summed E-state index contributed by atoms with van der Waals surface area (Å²) in [5, 5.41) is 12.7. The van der Waals surface area contributed by atoms with Crippen LogP contribution in [0.4, 0.5) is 5.69 Å². The van der Waals surface area contributed by atoms with E-state index >= 15 is 0 Å². The highest BCUT2D eigenvalue weighted by molar-refractivity contribution is 6.03. The summed E-state index contributed by atoms with van der Waals surface area (Å²) in [5.74, 6) is -0.879. The Morgan fingerprint density at radius 2 is 2.11 bits per heavy atom. The Morgan fingerprint density at radius 1 is 1.39 bits per heavy atom. The molecule has 0 fully saturated rings. The van der Waals surface area contributed by atoms with Crippen molar-refractivity contribution in [2.45, 2.75) is 13.8 Å². The molecule has 0 saturated heterocycles. The van der Waals surface area contributed by atoms with E-state index in [0.717, 1.165) is 16.6 Å². The van der Waals surface area contributed by atoms with Crippen molar-refractivity contribution in [3.8, 4) is 6.07 Å². The van der Waals surface area contributed by atoms with Crippen molar-refractivity contribution in [1.82, 2.24) is 4.98 Å². The van der Waals surface area contributed by atoms with Gasteiger partial charge in [-0.1, -0.05) is 32.0 Å². The number of aromatic nitrogens is 1. The summed E-state index contributed by atoms with van der Waals surface area (Å²) in [5.41, 5.74) is 1.68. The Balaban J connectivity index is 2.24. The first-order valence-corrected chi connectivity index (χ1v) is 5.90. The van der Waals surface area contributed by atoms with Crippen LogP contribution >= 0.6 is 0 Å².